The molecule has 0 bridgehead atoms. The van der Waals surface area contributed by atoms with Gasteiger partial charge in [0.15, 0.2) is 0 Å². The van der Waals surface area contributed by atoms with E-state index in [1.807, 2.05) is 0 Å². The molecule has 0 saturated carbocycles. The van der Waals surface area contributed by atoms with Crippen molar-refractivity contribution in [3.05, 3.63) is 28.8 Å². The van der Waals surface area contributed by atoms with Gasteiger partial charge in [-0.25, -0.2) is 0 Å². The Kier molecular flexibility index (Phi) is 3.73. The van der Waals surface area contributed by atoms with Crippen LogP contribution in [-0.4, -0.2) is 24.8 Å². The second kappa shape index (κ2) is 4.97. The van der Waals surface area contributed by atoms with Crippen LogP contribution in [-0.2, 0) is 6.18 Å². The highest BCUT2D eigenvalue weighted by molar-refractivity contribution is 6.33. The van der Waals surface area contributed by atoms with Crippen LogP contribution in [0.5, 0.6) is 0 Å². The molecule has 6 heteroatoms. The summed E-state index contributed by atoms with van der Waals surface area (Å²) < 4.78 is 38.8. The number of anilines is 1. The second-order valence-corrected chi connectivity index (χ2v) is 4.82. The third-order valence-electron chi connectivity index (χ3n) is 3.15. The first-order valence-electron chi connectivity index (χ1n) is 5.65. The Balaban J connectivity index is 2.38. The van der Waals surface area contributed by atoms with Gasteiger partial charge < -0.3 is 10.0 Å². The Hall–Kier alpha value is -0.940. The highest BCUT2D eigenvalue weighted by atomic mass is 35.5. The molecule has 2 rings (SSSR count). The molecule has 1 atom stereocenters. The Morgan fingerprint density at radius 2 is 2.11 bits per heavy atom. The maximum atomic E-state index is 12.9. The predicted molar refractivity (Wildman–Crippen MR) is 63.9 cm³/mol. The van der Waals surface area contributed by atoms with Gasteiger partial charge in [0.1, 0.15) is 0 Å². The maximum absolute atomic E-state index is 12.9. The first-order valence-corrected chi connectivity index (χ1v) is 6.02. The third-order valence-corrected chi connectivity index (χ3v) is 3.46. The number of halogens is 4. The number of nitrogens with zero attached hydrogens (tertiary/aromatic N) is 1. The molecule has 1 aromatic carbocycles. The number of aliphatic hydroxyl groups excluding tert-OH is 1. The van der Waals surface area contributed by atoms with Gasteiger partial charge >= 0.3 is 6.18 Å². The zero-order valence-electron chi connectivity index (χ0n) is 9.54. The van der Waals surface area contributed by atoms with Crippen molar-refractivity contribution in [1.82, 2.24) is 0 Å². The highest BCUT2D eigenvalue weighted by Gasteiger charge is 2.37. The van der Waals surface area contributed by atoms with Crippen LogP contribution < -0.4 is 4.90 Å². The molecule has 18 heavy (non-hydrogen) atoms. The number of hydrogen-bond donors (Lipinski definition) is 1. The first-order chi connectivity index (χ1) is 8.43. The van der Waals surface area contributed by atoms with E-state index < -0.39 is 11.7 Å². The van der Waals surface area contributed by atoms with Crippen LogP contribution in [0.3, 0.4) is 0 Å². The molecular weight excluding hydrogens is 267 g/mol. The number of alkyl halides is 3. The summed E-state index contributed by atoms with van der Waals surface area (Å²) in [6, 6.07) is 3.79. The molecule has 0 radical (unpaired) electrons. The number of aliphatic hydroxyl groups is 1. The molecule has 1 fully saturated rings. The molecule has 1 aromatic rings. The van der Waals surface area contributed by atoms with E-state index in [2.05, 4.69) is 0 Å². The van der Waals surface area contributed by atoms with Gasteiger partial charge in [0.05, 0.1) is 16.3 Å². The van der Waals surface area contributed by atoms with Crippen molar-refractivity contribution in [2.24, 2.45) is 5.92 Å². The summed E-state index contributed by atoms with van der Waals surface area (Å²) in [5.41, 5.74) is -0.684. The quantitative estimate of drug-likeness (QED) is 0.899. The summed E-state index contributed by atoms with van der Waals surface area (Å²) in [7, 11) is 0. The van der Waals surface area contributed by atoms with Crippen LogP contribution in [0.15, 0.2) is 18.2 Å². The SMILES string of the molecule is OCC1CCN(c2c(Cl)cccc2C(F)(F)F)C1. The molecule has 0 aliphatic carbocycles. The number of hydrogen-bond acceptors (Lipinski definition) is 2. The van der Waals surface area contributed by atoms with Crippen LogP contribution in [0, 0.1) is 5.92 Å². The number of para-hydroxylation sites is 1. The molecule has 1 aliphatic rings. The zero-order chi connectivity index (χ0) is 13.3. The zero-order valence-corrected chi connectivity index (χ0v) is 10.3. The van der Waals surface area contributed by atoms with Crippen LogP contribution in [0.1, 0.15) is 12.0 Å². The minimum absolute atomic E-state index is 0.0116. The molecular formula is C12H13ClF3NO. The number of rotatable bonds is 2. The largest absolute Gasteiger partial charge is 0.418 e. The van der Waals surface area contributed by atoms with Crippen molar-refractivity contribution >= 4 is 17.3 Å². The Morgan fingerprint density at radius 3 is 2.67 bits per heavy atom. The van der Waals surface area contributed by atoms with Crippen molar-refractivity contribution in [3.63, 3.8) is 0 Å². The van der Waals surface area contributed by atoms with E-state index in [0.717, 1.165) is 6.07 Å². The predicted octanol–water partition coefficient (Wildman–Crippen LogP) is 3.18. The summed E-state index contributed by atoms with van der Waals surface area (Å²) in [5.74, 6) is 0.0161. The molecule has 0 aromatic heterocycles. The van der Waals surface area contributed by atoms with E-state index >= 15 is 0 Å². The van der Waals surface area contributed by atoms with Crippen LogP contribution in [0.2, 0.25) is 5.02 Å². The van der Waals surface area contributed by atoms with E-state index in [1.54, 1.807) is 4.90 Å². The maximum Gasteiger partial charge on any atom is 0.418 e. The van der Waals surface area contributed by atoms with Gasteiger partial charge in [-0.05, 0) is 18.6 Å². The Bertz CT molecular complexity index is 436. The van der Waals surface area contributed by atoms with Gasteiger partial charge in [-0.2, -0.15) is 13.2 Å². The van der Waals surface area contributed by atoms with Crippen LogP contribution in [0.25, 0.3) is 0 Å². The smallest absolute Gasteiger partial charge is 0.396 e. The van der Waals surface area contributed by atoms with Gasteiger partial charge in [-0.15, -0.1) is 0 Å². The highest BCUT2D eigenvalue weighted by Crippen LogP contribution is 2.42. The number of benzene rings is 1. The van der Waals surface area contributed by atoms with Gasteiger partial charge in [0, 0.05) is 25.6 Å². The molecule has 0 amide bonds. The van der Waals surface area contributed by atoms with E-state index in [9.17, 15) is 13.2 Å². The fraction of sp³-hybridized carbons (Fsp3) is 0.500. The normalized spacial score (nSPS) is 20.5. The van der Waals surface area contributed by atoms with Crippen LogP contribution in [0.4, 0.5) is 18.9 Å². The summed E-state index contributed by atoms with van der Waals surface area (Å²) >= 11 is 5.90. The van der Waals surface area contributed by atoms with Gasteiger partial charge in [0.2, 0.25) is 0 Å². The summed E-state index contributed by atoms with van der Waals surface area (Å²) in [5, 5.41) is 9.15. The van der Waals surface area contributed by atoms with Crippen molar-refractivity contribution in [3.8, 4) is 0 Å². The fourth-order valence-corrected chi connectivity index (χ4v) is 2.54. The van der Waals surface area contributed by atoms with Crippen molar-refractivity contribution in [1.29, 1.82) is 0 Å². The van der Waals surface area contributed by atoms with E-state index in [0.29, 0.717) is 19.5 Å². The Morgan fingerprint density at radius 1 is 1.39 bits per heavy atom. The minimum atomic E-state index is -4.42. The minimum Gasteiger partial charge on any atom is -0.396 e. The lowest BCUT2D eigenvalue weighted by molar-refractivity contribution is -0.137. The third kappa shape index (κ3) is 2.57. The van der Waals surface area contributed by atoms with E-state index in [-0.39, 0.29) is 23.2 Å². The molecule has 1 saturated heterocycles. The summed E-state index contributed by atoms with van der Waals surface area (Å²) in [4.78, 5) is 1.60. The Labute approximate surface area is 108 Å². The van der Waals surface area contributed by atoms with Crippen molar-refractivity contribution in [2.75, 3.05) is 24.6 Å². The first kappa shape index (κ1) is 13.5. The van der Waals surface area contributed by atoms with Crippen LogP contribution >= 0.6 is 11.6 Å². The molecule has 100 valence electrons. The average Bonchev–Trinajstić information content (AvgIpc) is 2.75. The molecule has 1 N–H and O–H groups in total. The summed E-state index contributed by atoms with van der Waals surface area (Å²) in [6.45, 7) is 0.879. The average molecular weight is 280 g/mol. The second-order valence-electron chi connectivity index (χ2n) is 4.42. The molecule has 2 nitrogen and oxygen atoms in total. The standard InChI is InChI=1S/C12H13ClF3NO/c13-10-3-1-2-9(12(14,15)16)11(10)17-5-4-8(6-17)7-18/h1-3,8,18H,4-7H2. The lowest BCUT2D eigenvalue weighted by Crippen LogP contribution is -2.24. The fourth-order valence-electron chi connectivity index (χ4n) is 2.25. The lowest BCUT2D eigenvalue weighted by Gasteiger charge is -2.24. The van der Waals surface area contributed by atoms with Gasteiger partial charge in [-0.1, -0.05) is 17.7 Å². The lowest BCUT2D eigenvalue weighted by atomic mass is 10.1. The van der Waals surface area contributed by atoms with Crippen molar-refractivity contribution < 1.29 is 18.3 Å². The topological polar surface area (TPSA) is 23.5 Å². The monoisotopic (exact) mass is 279 g/mol. The van der Waals surface area contributed by atoms with Crippen molar-refractivity contribution in [2.45, 2.75) is 12.6 Å². The van der Waals surface area contributed by atoms with Gasteiger partial charge in [0.25, 0.3) is 0 Å². The summed E-state index contributed by atoms with van der Waals surface area (Å²) in [6.07, 6.45) is -3.74. The molecule has 1 unspecified atom stereocenters. The molecule has 1 heterocycles. The molecule has 0 spiro atoms. The molecule has 1 aliphatic heterocycles. The van der Waals surface area contributed by atoms with Gasteiger partial charge in [-0.3, -0.25) is 0 Å². The van der Waals surface area contributed by atoms with E-state index in [1.165, 1.54) is 12.1 Å². The van der Waals surface area contributed by atoms with E-state index in [4.69, 9.17) is 16.7 Å².